The van der Waals surface area contributed by atoms with Gasteiger partial charge in [-0.15, -0.1) is 11.3 Å². The van der Waals surface area contributed by atoms with Gasteiger partial charge >= 0.3 is 12.1 Å². The van der Waals surface area contributed by atoms with E-state index < -0.39 is 33.1 Å². The lowest BCUT2D eigenvalue weighted by Crippen LogP contribution is -2.41. The number of amides is 1. The van der Waals surface area contributed by atoms with E-state index in [0.29, 0.717) is 29.8 Å². The van der Waals surface area contributed by atoms with Crippen LogP contribution < -0.4 is 5.32 Å². The molecule has 0 unspecified atom stereocenters. The van der Waals surface area contributed by atoms with E-state index in [9.17, 15) is 23.1 Å². The van der Waals surface area contributed by atoms with Gasteiger partial charge in [-0.2, -0.15) is 0 Å². The zero-order valence-corrected chi connectivity index (χ0v) is 20.2. The molecule has 7 nitrogen and oxygen atoms in total. The average molecular weight is 500 g/mol. The Morgan fingerprint density at radius 2 is 1.59 bits per heavy atom. The Hall–Kier alpha value is -3.17. The van der Waals surface area contributed by atoms with Crippen LogP contribution in [-0.2, 0) is 24.1 Å². The van der Waals surface area contributed by atoms with Crippen LogP contribution in [-0.4, -0.2) is 38.4 Å². The number of ether oxygens (including phenoxy) is 1. The summed E-state index contributed by atoms with van der Waals surface area (Å²) in [6.07, 6.45) is 0.667. The highest BCUT2D eigenvalue weighted by atomic mass is 32.2. The van der Waals surface area contributed by atoms with Crippen LogP contribution in [0.5, 0.6) is 0 Å². The Morgan fingerprint density at radius 1 is 0.971 bits per heavy atom. The number of carbonyl (C=O) groups is 2. The first-order valence-corrected chi connectivity index (χ1v) is 13.3. The van der Waals surface area contributed by atoms with Crippen LogP contribution in [0.15, 0.2) is 60.7 Å². The van der Waals surface area contributed by atoms with Gasteiger partial charge in [-0.1, -0.05) is 42.8 Å². The second-order valence-corrected chi connectivity index (χ2v) is 11.8. The molecule has 3 aromatic rings. The van der Waals surface area contributed by atoms with Crippen molar-refractivity contribution in [2.75, 3.05) is 18.2 Å². The molecule has 1 aromatic heterocycles. The fraction of sp³-hybridized carbons (Fsp3) is 0.280. The maximum Gasteiger partial charge on any atom is 0.411 e. The van der Waals surface area contributed by atoms with Crippen molar-refractivity contribution in [3.63, 3.8) is 0 Å². The molecule has 0 saturated carbocycles. The number of nitrogens with one attached hydrogen (secondary N) is 1. The second-order valence-electron chi connectivity index (χ2n) is 8.28. The molecule has 2 aromatic carbocycles. The quantitative estimate of drug-likeness (QED) is 0.462. The summed E-state index contributed by atoms with van der Waals surface area (Å²) in [7, 11) is -2.25. The highest BCUT2D eigenvalue weighted by Gasteiger charge is 2.49. The Kier molecular flexibility index (Phi) is 6.77. The van der Waals surface area contributed by atoms with E-state index in [0.717, 1.165) is 21.6 Å². The third kappa shape index (κ3) is 4.71. The van der Waals surface area contributed by atoms with Crippen LogP contribution >= 0.6 is 11.3 Å². The summed E-state index contributed by atoms with van der Waals surface area (Å²) in [6, 6.07) is 18.9. The van der Waals surface area contributed by atoms with Crippen LogP contribution in [0.1, 0.15) is 30.6 Å². The van der Waals surface area contributed by atoms with Gasteiger partial charge in [0, 0.05) is 15.4 Å². The molecule has 178 valence electrons. The number of anilines is 1. The third-order valence-corrected chi connectivity index (χ3v) is 10.2. The minimum absolute atomic E-state index is 0.0240. The fourth-order valence-electron chi connectivity index (χ4n) is 4.34. The molecule has 1 amide bonds. The summed E-state index contributed by atoms with van der Waals surface area (Å²) in [4.78, 5) is 24.4. The largest absolute Gasteiger partial charge is 0.481 e. The highest BCUT2D eigenvalue weighted by molar-refractivity contribution is 7.92. The minimum Gasteiger partial charge on any atom is -0.481 e. The Balaban J connectivity index is 1.58. The van der Waals surface area contributed by atoms with Crippen molar-refractivity contribution in [2.45, 2.75) is 30.4 Å². The molecular formula is C25H25NO6S2. The summed E-state index contributed by atoms with van der Waals surface area (Å²) < 4.78 is 29.2. The number of sulfone groups is 1. The molecule has 1 aliphatic heterocycles. The number of carboxylic acids is 1. The molecule has 1 fully saturated rings. The number of thiophene rings is 1. The van der Waals surface area contributed by atoms with Gasteiger partial charge in [-0.05, 0) is 53.8 Å². The predicted molar refractivity (Wildman–Crippen MR) is 133 cm³/mol. The summed E-state index contributed by atoms with van der Waals surface area (Å²) in [6.45, 7) is 0. The first-order chi connectivity index (χ1) is 16.2. The van der Waals surface area contributed by atoms with Crippen molar-refractivity contribution in [1.29, 1.82) is 0 Å². The van der Waals surface area contributed by atoms with Crippen molar-refractivity contribution in [2.24, 2.45) is 0 Å². The van der Waals surface area contributed by atoms with Crippen LogP contribution in [0, 0.1) is 0 Å². The Labute approximate surface area is 202 Å². The number of aliphatic carboxylic acids is 1. The van der Waals surface area contributed by atoms with Gasteiger partial charge in [0.05, 0.1) is 19.3 Å². The summed E-state index contributed by atoms with van der Waals surface area (Å²) >= 11 is 1.35. The minimum atomic E-state index is -3.56. The molecule has 1 saturated heterocycles. The number of methoxy groups -OCH3 is 1. The normalized spacial score (nSPS) is 19.3. The molecule has 2 N–H and O–H groups in total. The molecule has 0 spiro atoms. The van der Waals surface area contributed by atoms with E-state index in [4.69, 9.17) is 0 Å². The van der Waals surface area contributed by atoms with Gasteiger partial charge in [0.2, 0.25) is 0 Å². The number of carboxylic acid groups (broad SMARTS) is 1. The van der Waals surface area contributed by atoms with Crippen LogP contribution in [0.4, 0.5) is 10.5 Å². The number of benzene rings is 2. The lowest BCUT2D eigenvalue weighted by atomic mass is 9.95. The van der Waals surface area contributed by atoms with Crippen molar-refractivity contribution in [1.82, 2.24) is 0 Å². The van der Waals surface area contributed by atoms with Crippen molar-refractivity contribution in [3.8, 4) is 21.6 Å². The van der Waals surface area contributed by atoms with Gasteiger partial charge in [-0.25, -0.2) is 13.2 Å². The van der Waals surface area contributed by atoms with E-state index >= 15 is 0 Å². The zero-order chi connectivity index (χ0) is 24.3. The maximum atomic E-state index is 13.0. The van der Waals surface area contributed by atoms with E-state index in [1.165, 1.54) is 18.4 Å². The van der Waals surface area contributed by atoms with E-state index in [-0.39, 0.29) is 5.75 Å². The Bertz CT molecular complexity index is 1300. The predicted octanol–water partition coefficient (Wildman–Crippen LogP) is 5.53. The SMILES string of the molecule is COC(=O)Nc1ccc(-c2ccc(-c3ccc([C@@]4(CC(=O)O)CCCCS4(=O)=O)s3)cc2)cc1. The van der Waals surface area contributed by atoms with Gasteiger partial charge in [0.25, 0.3) is 0 Å². The fourth-order valence-corrected chi connectivity index (χ4v) is 8.12. The molecule has 2 heterocycles. The topological polar surface area (TPSA) is 110 Å². The molecule has 0 aliphatic carbocycles. The maximum absolute atomic E-state index is 13.0. The van der Waals surface area contributed by atoms with E-state index in [2.05, 4.69) is 10.1 Å². The summed E-state index contributed by atoms with van der Waals surface area (Å²) in [5, 5.41) is 12.1. The van der Waals surface area contributed by atoms with E-state index in [1.807, 2.05) is 42.5 Å². The molecule has 0 radical (unpaired) electrons. The number of carbonyl (C=O) groups excluding carboxylic acids is 1. The second kappa shape index (κ2) is 9.60. The van der Waals surface area contributed by atoms with E-state index in [1.54, 1.807) is 18.2 Å². The molecule has 4 rings (SSSR count). The molecule has 0 bridgehead atoms. The van der Waals surface area contributed by atoms with Crippen LogP contribution in [0.3, 0.4) is 0 Å². The first kappa shape index (κ1) is 24.0. The summed E-state index contributed by atoms with van der Waals surface area (Å²) in [5.74, 6) is -1.08. The summed E-state index contributed by atoms with van der Waals surface area (Å²) in [5.41, 5.74) is 3.53. The molecule has 34 heavy (non-hydrogen) atoms. The van der Waals surface area contributed by atoms with Gasteiger partial charge in [0.15, 0.2) is 9.84 Å². The highest BCUT2D eigenvalue weighted by Crippen LogP contribution is 2.47. The molecule has 1 atom stereocenters. The van der Waals surface area contributed by atoms with Crippen LogP contribution in [0.2, 0.25) is 0 Å². The molecule has 1 aliphatic rings. The number of hydrogen-bond acceptors (Lipinski definition) is 6. The number of hydrogen-bond donors (Lipinski definition) is 2. The number of rotatable bonds is 6. The van der Waals surface area contributed by atoms with Gasteiger partial charge in [0.1, 0.15) is 4.75 Å². The zero-order valence-electron chi connectivity index (χ0n) is 18.6. The lowest BCUT2D eigenvalue weighted by molar-refractivity contribution is -0.137. The lowest BCUT2D eigenvalue weighted by Gasteiger charge is -2.34. The average Bonchev–Trinajstić information content (AvgIpc) is 3.31. The molecule has 9 heteroatoms. The standard InChI is InChI=1S/C25H25NO6S2/c1-32-24(29)26-20-10-8-18(9-11-20)17-4-6-19(7-5-17)21-12-13-22(33-21)25(16-23(27)28)14-2-3-15-34(25,30)31/h4-13H,2-3,14-16H2,1H3,(H,26,29)(H,27,28)/t25-/m0/s1. The third-order valence-electron chi connectivity index (χ3n) is 6.15. The first-order valence-electron chi connectivity index (χ1n) is 10.8. The van der Waals surface area contributed by atoms with Crippen molar-refractivity contribution in [3.05, 3.63) is 65.5 Å². The smallest absolute Gasteiger partial charge is 0.411 e. The van der Waals surface area contributed by atoms with Crippen molar-refractivity contribution < 1.29 is 27.9 Å². The van der Waals surface area contributed by atoms with Crippen molar-refractivity contribution >= 4 is 38.9 Å². The molecular weight excluding hydrogens is 474 g/mol. The van der Waals surface area contributed by atoms with Gasteiger partial charge in [-0.3, -0.25) is 10.1 Å². The van der Waals surface area contributed by atoms with Crippen LogP contribution in [0.25, 0.3) is 21.6 Å². The Morgan fingerprint density at radius 3 is 2.18 bits per heavy atom. The monoisotopic (exact) mass is 499 g/mol. The van der Waals surface area contributed by atoms with Gasteiger partial charge < -0.3 is 9.84 Å².